The zero-order valence-corrected chi connectivity index (χ0v) is 14.8. The fraction of sp³-hybridized carbons (Fsp3) is 0.500. The van der Waals surface area contributed by atoms with Gasteiger partial charge in [-0.3, -0.25) is 4.79 Å². The molecule has 1 heterocycles. The average molecular weight is 341 g/mol. The third-order valence-electron chi connectivity index (χ3n) is 5.91. The SMILES string of the molecule is Cc1nn(-c2ccc(F)cc2)c(C)c1CNC(=O)C1C2CCCCC21. The number of carbonyl (C=O) groups excluding carboxylic acids is 1. The summed E-state index contributed by atoms with van der Waals surface area (Å²) in [4.78, 5) is 12.5. The Kier molecular flexibility index (Phi) is 4.10. The standard InChI is InChI=1S/C20H24FN3O/c1-12-18(11-22-20(25)19-16-5-3-4-6-17(16)19)13(2)24(23-12)15-9-7-14(21)8-10-15/h7-10,16-17,19H,3-6,11H2,1-2H3,(H,22,25). The maximum absolute atomic E-state index is 13.1. The zero-order chi connectivity index (χ0) is 17.6. The lowest BCUT2D eigenvalue weighted by Crippen LogP contribution is -2.26. The summed E-state index contributed by atoms with van der Waals surface area (Å²) in [5.74, 6) is 1.42. The highest BCUT2D eigenvalue weighted by Crippen LogP contribution is 2.55. The second kappa shape index (κ2) is 6.28. The number of fused-ring (bicyclic) bond motifs is 1. The smallest absolute Gasteiger partial charge is 0.223 e. The average Bonchev–Trinajstić information content (AvgIpc) is 3.27. The molecule has 1 aromatic heterocycles. The molecule has 132 valence electrons. The van der Waals surface area contributed by atoms with Crippen LogP contribution in [-0.4, -0.2) is 15.7 Å². The van der Waals surface area contributed by atoms with Gasteiger partial charge in [0.15, 0.2) is 0 Å². The third kappa shape index (κ3) is 2.96. The van der Waals surface area contributed by atoms with E-state index in [1.54, 1.807) is 12.1 Å². The van der Waals surface area contributed by atoms with Crippen LogP contribution in [0, 0.1) is 37.4 Å². The van der Waals surface area contributed by atoms with Crippen molar-refractivity contribution in [1.29, 1.82) is 0 Å². The van der Waals surface area contributed by atoms with Crippen LogP contribution in [0.15, 0.2) is 24.3 Å². The first kappa shape index (κ1) is 16.3. The van der Waals surface area contributed by atoms with E-state index in [0.717, 1.165) is 22.6 Å². The van der Waals surface area contributed by atoms with Gasteiger partial charge < -0.3 is 5.32 Å². The van der Waals surface area contributed by atoms with Crippen molar-refractivity contribution in [3.63, 3.8) is 0 Å². The van der Waals surface area contributed by atoms with Crippen LogP contribution >= 0.6 is 0 Å². The molecule has 25 heavy (non-hydrogen) atoms. The van der Waals surface area contributed by atoms with Gasteiger partial charge in [0.1, 0.15) is 5.82 Å². The molecule has 2 aliphatic rings. The Morgan fingerprint density at radius 2 is 1.84 bits per heavy atom. The number of amides is 1. The minimum Gasteiger partial charge on any atom is -0.352 e. The van der Waals surface area contributed by atoms with Gasteiger partial charge in [-0.25, -0.2) is 9.07 Å². The molecule has 5 heteroatoms. The summed E-state index contributed by atoms with van der Waals surface area (Å²) >= 11 is 0. The number of carbonyl (C=O) groups is 1. The highest BCUT2D eigenvalue weighted by molar-refractivity contribution is 5.82. The lowest BCUT2D eigenvalue weighted by molar-refractivity contribution is -0.123. The Balaban J connectivity index is 1.46. The van der Waals surface area contributed by atoms with Crippen LogP contribution in [0.3, 0.4) is 0 Å². The molecule has 2 aromatic rings. The number of hydrogen-bond acceptors (Lipinski definition) is 2. The quantitative estimate of drug-likeness (QED) is 0.922. The third-order valence-corrected chi connectivity index (χ3v) is 5.91. The number of rotatable bonds is 4. The molecular formula is C20H24FN3O. The second-order valence-electron chi connectivity index (χ2n) is 7.39. The van der Waals surface area contributed by atoms with Crippen LogP contribution in [0.5, 0.6) is 0 Å². The highest BCUT2D eigenvalue weighted by Gasteiger charge is 2.54. The number of aromatic nitrogens is 2. The summed E-state index contributed by atoms with van der Waals surface area (Å²) in [5, 5.41) is 7.68. The minimum absolute atomic E-state index is 0.199. The molecule has 0 saturated heterocycles. The van der Waals surface area contributed by atoms with E-state index in [9.17, 15) is 9.18 Å². The maximum atomic E-state index is 13.1. The first-order valence-electron chi connectivity index (χ1n) is 9.15. The van der Waals surface area contributed by atoms with Gasteiger partial charge in [0, 0.05) is 23.7 Å². The fourth-order valence-corrected chi connectivity index (χ4v) is 4.44. The van der Waals surface area contributed by atoms with Gasteiger partial charge >= 0.3 is 0 Å². The number of halogens is 1. The summed E-state index contributed by atoms with van der Waals surface area (Å²) in [7, 11) is 0. The van der Waals surface area contributed by atoms with E-state index < -0.39 is 0 Å². The van der Waals surface area contributed by atoms with Gasteiger partial charge in [-0.1, -0.05) is 12.8 Å². The first-order valence-corrected chi connectivity index (χ1v) is 9.15. The first-order chi connectivity index (χ1) is 12.1. The van der Waals surface area contributed by atoms with Crippen molar-refractivity contribution in [2.24, 2.45) is 17.8 Å². The van der Waals surface area contributed by atoms with E-state index in [2.05, 4.69) is 10.4 Å². The fourth-order valence-electron chi connectivity index (χ4n) is 4.44. The van der Waals surface area contributed by atoms with Crippen molar-refractivity contribution in [3.05, 3.63) is 47.0 Å². The van der Waals surface area contributed by atoms with Crippen LogP contribution in [0.25, 0.3) is 5.69 Å². The van der Waals surface area contributed by atoms with Crippen molar-refractivity contribution >= 4 is 5.91 Å². The van der Waals surface area contributed by atoms with E-state index in [-0.39, 0.29) is 17.6 Å². The molecule has 4 rings (SSSR count). The van der Waals surface area contributed by atoms with E-state index in [1.165, 1.54) is 37.8 Å². The molecule has 2 unspecified atom stereocenters. The predicted octanol–water partition coefficient (Wildman–Crippen LogP) is 3.68. The van der Waals surface area contributed by atoms with Gasteiger partial charge in [-0.05, 0) is 62.8 Å². The topological polar surface area (TPSA) is 46.9 Å². The normalized spacial score (nSPS) is 24.7. The molecule has 0 bridgehead atoms. The molecule has 0 radical (unpaired) electrons. The van der Waals surface area contributed by atoms with Crippen molar-refractivity contribution in [2.45, 2.75) is 46.1 Å². The molecule has 1 N–H and O–H groups in total. The van der Waals surface area contributed by atoms with Gasteiger partial charge in [0.25, 0.3) is 0 Å². The molecule has 2 saturated carbocycles. The van der Waals surface area contributed by atoms with E-state index in [0.29, 0.717) is 18.4 Å². The Morgan fingerprint density at radius 3 is 2.48 bits per heavy atom. The minimum atomic E-state index is -0.260. The Labute approximate surface area is 147 Å². The second-order valence-corrected chi connectivity index (χ2v) is 7.39. The van der Waals surface area contributed by atoms with Crippen molar-refractivity contribution in [3.8, 4) is 5.69 Å². The molecule has 2 atom stereocenters. The molecule has 1 amide bonds. The summed E-state index contributed by atoms with van der Waals surface area (Å²) in [6.07, 6.45) is 4.97. The summed E-state index contributed by atoms with van der Waals surface area (Å²) in [6, 6.07) is 6.29. The number of aryl methyl sites for hydroxylation is 1. The van der Waals surface area contributed by atoms with Crippen LogP contribution in [0.1, 0.15) is 42.6 Å². The number of hydrogen-bond donors (Lipinski definition) is 1. The predicted molar refractivity (Wildman–Crippen MR) is 93.8 cm³/mol. The van der Waals surface area contributed by atoms with Gasteiger partial charge in [0.05, 0.1) is 11.4 Å². The monoisotopic (exact) mass is 341 g/mol. The lowest BCUT2D eigenvalue weighted by Gasteiger charge is -2.07. The Morgan fingerprint density at radius 1 is 1.20 bits per heavy atom. The van der Waals surface area contributed by atoms with Crippen LogP contribution in [-0.2, 0) is 11.3 Å². The molecule has 1 aromatic carbocycles. The molecule has 0 spiro atoms. The largest absolute Gasteiger partial charge is 0.352 e. The molecule has 2 fully saturated rings. The van der Waals surface area contributed by atoms with Gasteiger partial charge in [-0.2, -0.15) is 5.10 Å². The van der Waals surface area contributed by atoms with Crippen LogP contribution in [0.2, 0.25) is 0 Å². The Hall–Kier alpha value is -2.17. The van der Waals surface area contributed by atoms with Crippen molar-refractivity contribution in [2.75, 3.05) is 0 Å². The summed E-state index contributed by atoms with van der Waals surface area (Å²) < 4.78 is 14.9. The van der Waals surface area contributed by atoms with E-state index in [4.69, 9.17) is 0 Å². The number of nitrogens with zero attached hydrogens (tertiary/aromatic N) is 2. The molecule has 2 aliphatic carbocycles. The van der Waals surface area contributed by atoms with Crippen molar-refractivity contribution < 1.29 is 9.18 Å². The van der Waals surface area contributed by atoms with E-state index in [1.807, 2.05) is 18.5 Å². The summed E-state index contributed by atoms with van der Waals surface area (Å²) in [6.45, 7) is 4.45. The van der Waals surface area contributed by atoms with Crippen molar-refractivity contribution in [1.82, 2.24) is 15.1 Å². The molecular weight excluding hydrogens is 317 g/mol. The van der Waals surface area contributed by atoms with Crippen LogP contribution in [0.4, 0.5) is 4.39 Å². The highest BCUT2D eigenvalue weighted by atomic mass is 19.1. The van der Waals surface area contributed by atoms with Crippen LogP contribution < -0.4 is 5.32 Å². The van der Waals surface area contributed by atoms with E-state index >= 15 is 0 Å². The zero-order valence-electron chi connectivity index (χ0n) is 14.8. The maximum Gasteiger partial charge on any atom is 0.223 e. The molecule has 0 aliphatic heterocycles. The number of benzene rings is 1. The van der Waals surface area contributed by atoms with Gasteiger partial charge in [0.2, 0.25) is 5.91 Å². The lowest BCUT2D eigenvalue weighted by atomic mass is 10.0. The molecule has 4 nitrogen and oxygen atoms in total. The summed E-state index contributed by atoms with van der Waals surface area (Å²) in [5.41, 5.74) is 3.75. The Bertz CT molecular complexity index is 784. The van der Waals surface area contributed by atoms with Gasteiger partial charge in [-0.15, -0.1) is 0 Å². The number of nitrogens with one attached hydrogen (secondary N) is 1.